The molecule has 0 heterocycles. The quantitative estimate of drug-likeness (QED) is 0.636. The predicted octanol–water partition coefficient (Wildman–Crippen LogP) is -0.0758. The lowest BCUT2D eigenvalue weighted by Crippen LogP contribution is -2.32. The third kappa shape index (κ3) is 8.24. The highest BCUT2D eigenvalue weighted by molar-refractivity contribution is 5.77. The lowest BCUT2D eigenvalue weighted by Gasteiger charge is -2.16. The number of nitrogens with zero attached hydrogens (tertiary/aromatic N) is 1. The van der Waals surface area contributed by atoms with Gasteiger partial charge in [0.05, 0.1) is 7.11 Å². The second-order valence-electron chi connectivity index (χ2n) is 3.73. The van der Waals surface area contributed by atoms with Gasteiger partial charge in [0.15, 0.2) is 0 Å². The molecule has 17 heavy (non-hydrogen) atoms. The van der Waals surface area contributed by atoms with Gasteiger partial charge in [0, 0.05) is 39.9 Å². The van der Waals surface area contributed by atoms with E-state index in [1.807, 2.05) is 0 Å². The van der Waals surface area contributed by atoms with Crippen LogP contribution in [0.4, 0.5) is 0 Å². The molecule has 0 aliphatic carbocycles. The first kappa shape index (κ1) is 15.4. The summed E-state index contributed by atoms with van der Waals surface area (Å²) in [5, 5.41) is 2.55. The summed E-state index contributed by atoms with van der Waals surface area (Å²) >= 11 is 0. The van der Waals surface area contributed by atoms with E-state index in [1.165, 1.54) is 14.0 Å². The molecule has 0 saturated heterocycles. The van der Waals surface area contributed by atoms with E-state index in [0.717, 1.165) is 0 Å². The van der Waals surface area contributed by atoms with Gasteiger partial charge in [-0.1, -0.05) is 0 Å². The fourth-order valence-electron chi connectivity index (χ4n) is 1.22. The summed E-state index contributed by atoms with van der Waals surface area (Å²) in [6.07, 6.45) is 1.16. The van der Waals surface area contributed by atoms with E-state index < -0.39 is 0 Å². The molecule has 0 aromatic carbocycles. The van der Waals surface area contributed by atoms with Crippen molar-refractivity contribution in [2.75, 3.05) is 27.2 Å². The van der Waals surface area contributed by atoms with E-state index in [1.54, 1.807) is 11.9 Å². The number of methoxy groups -OCH3 is 1. The Bertz CT molecular complexity index is 279. The summed E-state index contributed by atoms with van der Waals surface area (Å²) < 4.78 is 4.49. The molecule has 1 N–H and O–H groups in total. The number of nitrogens with one attached hydrogen (secondary N) is 1. The smallest absolute Gasteiger partial charge is 0.305 e. The Morgan fingerprint density at radius 2 is 1.88 bits per heavy atom. The zero-order chi connectivity index (χ0) is 13.3. The molecule has 0 aromatic heterocycles. The van der Waals surface area contributed by atoms with Gasteiger partial charge in [-0.2, -0.15) is 0 Å². The summed E-state index contributed by atoms with van der Waals surface area (Å²) in [5.41, 5.74) is 0. The maximum atomic E-state index is 11.5. The predicted molar refractivity (Wildman–Crippen MR) is 62.2 cm³/mol. The number of esters is 1. The molecular weight excluding hydrogens is 224 g/mol. The van der Waals surface area contributed by atoms with Crippen molar-refractivity contribution in [1.82, 2.24) is 10.2 Å². The Morgan fingerprint density at radius 3 is 2.41 bits per heavy atom. The van der Waals surface area contributed by atoms with Crippen LogP contribution in [0.15, 0.2) is 0 Å². The van der Waals surface area contributed by atoms with E-state index in [9.17, 15) is 14.4 Å². The van der Waals surface area contributed by atoms with Crippen LogP contribution in [-0.4, -0.2) is 49.9 Å². The van der Waals surface area contributed by atoms with Crippen molar-refractivity contribution in [2.24, 2.45) is 0 Å². The number of rotatable bonds is 7. The summed E-state index contributed by atoms with van der Waals surface area (Å²) in [5.74, 6) is -0.473. The number of hydrogen-bond donors (Lipinski definition) is 1. The number of hydrogen-bond acceptors (Lipinski definition) is 4. The summed E-state index contributed by atoms with van der Waals surface area (Å²) in [4.78, 5) is 34.5. The van der Waals surface area contributed by atoms with Crippen LogP contribution in [0.1, 0.15) is 26.2 Å². The Labute approximate surface area is 101 Å². The van der Waals surface area contributed by atoms with Crippen molar-refractivity contribution in [1.29, 1.82) is 0 Å². The highest BCUT2D eigenvalue weighted by Gasteiger charge is 2.09. The largest absolute Gasteiger partial charge is 0.469 e. The van der Waals surface area contributed by atoms with Gasteiger partial charge in [-0.15, -0.1) is 0 Å². The van der Waals surface area contributed by atoms with Gasteiger partial charge in [-0.25, -0.2) is 0 Å². The molecule has 6 heteroatoms. The number of amides is 2. The number of ether oxygens (including phenoxy) is 1. The highest BCUT2D eigenvalue weighted by atomic mass is 16.5. The molecule has 0 radical (unpaired) electrons. The first-order chi connectivity index (χ1) is 7.97. The average Bonchev–Trinajstić information content (AvgIpc) is 2.27. The monoisotopic (exact) mass is 244 g/mol. The van der Waals surface area contributed by atoms with Gasteiger partial charge in [0.2, 0.25) is 11.8 Å². The molecule has 98 valence electrons. The van der Waals surface area contributed by atoms with E-state index in [2.05, 4.69) is 10.1 Å². The molecule has 0 aromatic rings. The molecule has 0 saturated carbocycles. The molecule has 0 bridgehead atoms. The van der Waals surface area contributed by atoms with E-state index in [-0.39, 0.29) is 24.2 Å². The second kappa shape index (κ2) is 8.55. The molecule has 0 spiro atoms. The summed E-state index contributed by atoms with van der Waals surface area (Å²) in [6.45, 7) is 2.26. The molecular formula is C11H20N2O4. The molecule has 0 atom stereocenters. The molecule has 6 nitrogen and oxygen atoms in total. The zero-order valence-corrected chi connectivity index (χ0v) is 10.6. The zero-order valence-electron chi connectivity index (χ0n) is 10.6. The van der Waals surface area contributed by atoms with Crippen molar-refractivity contribution in [3.8, 4) is 0 Å². The lowest BCUT2D eigenvalue weighted by molar-refractivity contribution is -0.141. The first-order valence-corrected chi connectivity index (χ1v) is 5.52. The van der Waals surface area contributed by atoms with Crippen LogP contribution in [0.25, 0.3) is 0 Å². The maximum Gasteiger partial charge on any atom is 0.305 e. The fraction of sp³-hybridized carbons (Fsp3) is 0.727. The lowest BCUT2D eigenvalue weighted by atomic mass is 10.3. The van der Waals surface area contributed by atoms with Gasteiger partial charge in [0.1, 0.15) is 0 Å². The van der Waals surface area contributed by atoms with Crippen molar-refractivity contribution in [3.63, 3.8) is 0 Å². The topological polar surface area (TPSA) is 75.7 Å². The standard InChI is InChI=1S/C11H20N2O4/c1-9(14)12-7-6-10(15)13(2)8-4-5-11(16)17-3/h4-8H2,1-3H3,(H,12,14). The van der Waals surface area contributed by atoms with Gasteiger partial charge in [0.25, 0.3) is 0 Å². The van der Waals surface area contributed by atoms with Gasteiger partial charge in [-0.3, -0.25) is 14.4 Å². The molecule has 0 aliphatic rings. The minimum atomic E-state index is -0.274. The highest BCUT2D eigenvalue weighted by Crippen LogP contribution is 1.97. The second-order valence-corrected chi connectivity index (χ2v) is 3.73. The molecule has 0 unspecified atom stereocenters. The van der Waals surface area contributed by atoms with E-state index >= 15 is 0 Å². The van der Waals surface area contributed by atoms with Crippen LogP contribution in [0.3, 0.4) is 0 Å². The van der Waals surface area contributed by atoms with Crippen LogP contribution < -0.4 is 5.32 Å². The SMILES string of the molecule is COC(=O)CCCN(C)C(=O)CCNC(C)=O. The fourth-order valence-corrected chi connectivity index (χ4v) is 1.22. The van der Waals surface area contributed by atoms with Crippen molar-refractivity contribution in [2.45, 2.75) is 26.2 Å². The molecule has 0 fully saturated rings. The van der Waals surface area contributed by atoms with Crippen molar-refractivity contribution >= 4 is 17.8 Å². The van der Waals surface area contributed by atoms with Crippen LogP contribution in [-0.2, 0) is 19.1 Å². The van der Waals surface area contributed by atoms with E-state index in [0.29, 0.717) is 25.9 Å². The minimum Gasteiger partial charge on any atom is -0.469 e. The third-order valence-electron chi connectivity index (χ3n) is 2.24. The van der Waals surface area contributed by atoms with Crippen LogP contribution in [0, 0.1) is 0 Å². The summed E-state index contributed by atoms with van der Waals surface area (Å²) in [7, 11) is 3.01. The van der Waals surface area contributed by atoms with Crippen molar-refractivity contribution in [3.05, 3.63) is 0 Å². The van der Waals surface area contributed by atoms with Crippen molar-refractivity contribution < 1.29 is 19.1 Å². The summed E-state index contributed by atoms with van der Waals surface area (Å²) in [6, 6.07) is 0. The average molecular weight is 244 g/mol. The van der Waals surface area contributed by atoms with Gasteiger partial charge >= 0.3 is 5.97 Å². The Balaban J connectivity index is 3.67. The van der Waals surface area contributed by atoms with E-state index in [4.69, 9.17) is 0 Å². The van der Waals surface area contributed by atoms with Gasteiger partial charge in [-0.05, 0) is 6.42 Å². The Hall–Kier alpha value is -1.59. The Morgan fingerprint density at radius 1 is 1.24 bits per heavy atom. The minimum absolute atomic E-state index is 0.0522. The molecule has 2 amide bonds. The van der Waals surface area contributed by atoms with Crippen LogP contribution >= 0.6 is 0 Å². The van der Waals surface area contributed by atoms with Crippen LogP contribution in [0.5, 0.6) is 0 Å². The molecule has 0 rings (SSSR count). The first-order valence-electron chi connectivity index (χ1n) is 5.52. The van der Waals surface area contributed by atoms with Crippen LogP contribution in [0.2, 0.25) is 0 Å². The number of carbonyl (C=O) groups is 3. The van der Waals surface area contributed by atoms with Gasteiger partial charge < -0.3 is 15.0 Å². The third-order valence-corrected chi connectivity index (χ3v) is 2.24. The maximum absolute atomic E-state index is 11.5. The Kier molecular flexibility index (Phi) is 7.75. The normalized spacial score (nSPS) is 9.59. The number of carbonyl (C=O) groups excluding carboxylic acids is 3. The molecule has 0 aliphatic heterocycles.